The van der Waals surface area contributed by atoms with E-state index in [-0.39, 0.29) is 38.6 Å². The summed E-state index contributed by atoms with van der Waals surface area (Å²) in [5.41, 5.74) is 5.42. The van der Waals surface area contributed by atoms with Crippen LogP contribution in [0.4, 0.5) is 0 Å². The van der Waals surface area contributed by atoms with Crippen LogP contribution in [-0.2, 0) is 32.7 Å². The Balaban J connectivity index is 3.75. The van der Waals surface area contributed by atoms with Gasteiger partial charge in [0.15, 0.2) is 6.10 Å². The standard InChI is InChI=1S/C83H156NO8P/c1-3-5-7-9-11-13-15-17-19-21-23-25-27-29-31-33-35-37-39-40-42-44-46-48-50-52-54-56-58-60-62-64-66-68-70-72-74-76-83(86)92-81(80-91-93(87,88)90-78-77-84)79-89-82(85)75-73-71-69-67-65-63-61-59-57-55-53-51-49-47-45-43-41-38-36-34-32-30-28-26-24-22-20-18-16-14-12-10-8-6-4-2/h15-18,21-24,27,29,81H,3-14,19-20,25-26,28,30-80,84H2,1-2H3,(H,87,88)/b17-15-,18-16-,23-21-,24-22-,29-27-. The van der Waals surface area contributed by atoms with Crippen molar-refractivity contribution in [3.63, 3.8) is 0 Å². The predicted octanol–water partition coefficient (Wildman–Crippen LogP) is 27.3. The monoisotopic (exact) mass is 1330 g/mol. The smallest absolute Gasteiger partial charge is 0.462 e. The molecule has 546 valence electrons. The van der Waals surface area contributed by atoms with E-state index in [2.05, 4.69) is 74.6 Å². The molecule has 0 spiro atoms. The van der Waals surface area contributed by atoms with Gasteiger partial charge in [-0.15, -0.1) is 0 Å². The molecular formula is C83H156NO8P. The van der Waals surface area contributed by atoms with Gasteiger partial charge >= 0.3 is 19.8 Å². The molecule has 10 heteroatoms. The minimum Gasteiger partial charge on any atom is -0.462 e. The van der Waals surface area contributed by atoms with E-state index >= 15 is 0 Å². The number of carbonyl (C=O) groups excluding carboxylic acids is 2. The normalized spacial score (nSPS) is 13.1. The topological polar surface area (TPSA) is 134 Å². The molecule has 0 aliphatic carbocycles. The van der Waals surface area contributed by atoms with Crippen molar-refractivity contribution < 1.29 is 37.6 Å². The molecule has 0 fully saturated rings. The van der Waals surface area contributed by atoms with E-state index in [1.54, 1.807) is 0 Å². The predicted molar refractivity (Wildman–Crippen MR) is 404 cm³/mol. The highest BCUT2D eigenvalue weighted by Gasteiger charge is 2.26. The Labute approximate surface area is 578 Å². The van der Waals surface area contributed by atoms with Crippen LogP contribution in [0.15, 0.2) is 60.8 Å². The summed E-state index contributed by atoms with van der Waals surface area (Å²) in [4.78, 5) is 35.5. The molecule has 0 radical (unpaired) electrons. The number of esters is 2. The molecule has 0 bridgehead atoms. The van der Waals surface area contributed by atoms with Crippen LogP contribution in [0.1, 0.15) is 425 Å². The fraction of sp³-hybridized carbons (Fsp3) is 0.855. The van der Waals surface area contributed by atoms with Gasteiger partial charge in [0.2, 0.25) is 0 Å². The molecule has 0 rings (SSSR count). The third kappa shape index (κ3) is 78.6. The summed E-state index contributed by atoms with van der Waals surface area (Å²) in [5.74, 6) is -0.803. The van der Waals surface area contributed by atoms with Gasteiger partial charge in [-0.3, -0.25) is 18.6 Å². The first-order valence-corrected chi connectivity index (χ1v) is 42.3. The van der Waals surface area contributed by atoms with E-state index < -0.39 is 26.5 Å². The second-order valence-corrected chi connectivity index (χ2v) is 29.1. The Bertz CT molecular complexity index is 1710. The number of phosphoric acid groups is 1. The van der Waals surface area contributed by atoms with Crippen LogP contribution in [0, 0.1) is 0 Å². The summed E-state index contributed by atoms with van der Waals surface area (Å²) in [7, 11) is -4.40. The first-order valence-electron chi connectivity index (χ1n) is 40.8. The van der Waals surface area contributed by atoms with Crippen molar-refractivity contribution in [2.45, 2.75) is 431 Å². The Morgan fingerprint density at radius 3 is 0.828 bits per heavy atom. The lowest BCUT2D eigenvalue weighted by Crippen LogP contribution is -2.29. The Morgan fingerprint density at radius 2 is 0.559 bits per heavy atom. The van der Waals surface area contributed by atoms with E-state index in [4.69, 9.17) is 24.3 Å². The zero-order chi connectivity index (χ0) is 67.2. The Morgan fingerprint density at radius 1 is 0.323 bits per heavy atom. The molecule has 2 unspecified atom stereocenters. The highest BCUT2D eigenvalue weighted by atomic mass is 31.2. The van der Waals surface area contributed by atoms with Crippen LogP contribution in [0.2, 0.25) is 0 Å². The van der Waals surface area contributed by atoms with Crippen molar-refractivity contribution in [1.82, 2.24) is 0 Å². The number of unbranched alkanes of at least 4 members (excludes halogenated alkanes) is 55. The average Bonchev–Trinajstić information content (AvgIpc) is 3.04. The van der Waals surface area contributed by atoms with E-state index in [0.717, 1.165) is 51.4 Å². The Hall–Kier alpha value is -2.29. The van der Waals surface area contributed by atoms with E-state index in [1.807, 2.05) is 0 Å². The zero-order valence-electron chi connectivity index (χ0n) is 61.8. The third-order valence-electron chi connectivity index (χ3n) is 18.4. The lowest BCUT2D eigenvalue weighted by Gasteiger charge is -2.19. The summed E-state index contributed by atoms with van der Waals surface area (Å²) in [6, 6.07) is 0. The summed E-state index contributed by atoms with van der Waals surface area (Å²) in [6.07, 6.45) is 104. The number of phosphoric ester groups is 1. The van der Waals surface area contributed by atoms with Gasteiger partial charge < -0.3 is 20.1 Å². The molecule has 0 aromatic rings. The fourth-order valence-electron chi connectivity index (χ4n) is 12.3. The van der Waals surface area contributed by atoms with Crippen LogP contribution >= 0.6 is 7.82 Å². The molecule has 0 saturated carbocycles. The molecule has 0 amide bonds. The van der Waals surface area contributed by atoms with Crippen LogP contribution in [0.5, 0.6) is 0 Å². The van der Waals surface area contributed by atoms with Crippen LogP contribution in [0.3, 0.4) is 0 Å². The fourth-order valence-corrected chi connectivity index (χ4v) is 13.1. The average molecular weight is 1330 g/mol. The van der Waals surface area contributed by atoms with Crippen molar-refractivity contribution in [3.05, 3.63) is 60.8 Å². The molecule has 3 N–H and O–H groups in total. The van der Waals surface area contributed by atoms with Crippen LogP contribution in [0.25, 0.3) is 0 Å². The highest BCUT2D eigenvalue weighted by Crippen LogP contribution is 2.43. The number of nitrogens with two attached hydrogens (primary N) is 1. The van der Waals surface area contributed by atoms with Crippen molar-refractivity contribution in [2.24, 2.45) is 5.73 Å². The van der Waals surface area contributed by atoms with Gasteiger partial charge in [0.05, 0.1) is 13.2 Å². The summed E-state index contributed by atoms with van der Waals surface area (Å²) in [6.45, 7) is 3.80. The van der Waals surface area contributed by atoms with Gasteiger partial charge in [0.25, 0.3) is 0 Å². The van der Waals surface area contributed by atoms with Gasteiger partial charge in [-0.1, -0.05) is 389 Å². The second-order valence-electron chi connectivity index (χ2n) is 27.6. The summed E-state index contributed by atoms with van der Waals surface area (Å²) < 4.78 is 33.3. The molecule has 0 aliphatic rings. The third-order valence-corrected chi connectivity index (χ3v) is 19.4. The maximum absolute atomic E-state index is 12.8. The van der Waals surface area contributed by atoms with Gasteiger partial charge in [-0.05, 0) is 83.5 Å². The van der Waals surface area contributed by atoms with E-state index in [0.29, 0.717) is 6.42 Å². The van der Waals surface area contributed by atoms with Crippen LogP contribution in [-0.4, -0.2) is 49.3 Å². The summed E-state index contributed by atoms with van der Waals surface area (Å²) in [5, 5.41) is 0. The van der Waals surface area contributed by atoms with E-state index in [9.17, 15) is 19.0 Å². The number of hydrogen-bond donors (Lipinski definition) is 2. The molecule has 93 heavy (non-hydrogen) atoms. The van der Waals surface area contributed by atoms with Crippen LogP contribution < -0.4 is 5.73 Å². The molecule has 2 atom stereocenters. The van der Waals surface area contributed by atoms with Crippen molar-refractivity contribution >= 4 is 19.8 Å². The largest absolute Gasteiger partial charge is 0.472 e. The molecule has 0 aromatic heterocycles. The first kappa shape index (κ1) is 90.7. The number of allylic oxidation sites excluding steroid dienone is 10. The van der Waals surface area contributed by atoms with Gasteiger partial charge in [-0.2, -0.15) is 0 Å². The van der Waals surface area contributed by atoms with E-state index in [1.165, 1.54) is 340 Å². The first-order chi connectivity index (χ1) is 45.8. The van der Waals surface area contributed by atoms with Gasteiger partial charge in [0, 0.05) is 19.4 Å². The molecule has 0 aromatic carbocycles. The number of ether oxygens (including phenoxy) is 2. The highest BCUT2D eigenvalue weighted by molar-refractivity contribution is 7.47. The van der Waals surface area contributed by atoms with Crippen molar-refractivity contribution in [3.8, 4) is 0 Å². The lowest BCUT2D eigenvalue weighted by molar-refractivity contribution is -0.161. The van der Waals surface area contributed by atoms with Crippen molar-refractivity contribution in [2.75, 3.05) is 26.4 Å². The minimum absolute atomic E-state index is 0.0555. The quantitative estimate of drug-likeness (QED) is 0.0264. The van der Waals surface area contributed by atoms with Crippen molar-refractivity contribution in [1.29, 1.82) is 0 Å². The molecular weight excluding hydrogens is 1170 g/mol. The summed E-state index contributed by atoms with van der Waals surface area (Å²) >= 11 is 0. The number of carbonyl (C=O) groups is 2. The van der Waals surface area contributed by atoms with Gasteiger partial charge in [-0.25, -0.2) is 4.57 Å². The zero-order valence-corrected chi connectivity index (χ0v) is 62.7. The number of rotatable bonds is 78. The minimum atomic E-state index is -4.40. The molecule has 0 saturated heterocycles. The Kier molecular flexibility index (Phi) is 76.8. The van der Waals surface area contributed by atoms with Gasteiger partial charge in [0.1, 0.15) is 6.61 Å². The second kappa shape index (κ2) is 78.7. The molecule has 0 heterocycles. The SMILES string of the molecule is CCCCCCC/C=C\C/C=C\C/C=C\CCCCCCCCCCCCCCCCCCCCCCCCC(=O)OC(COC(=O)CCCCCCCCCCCCCCCCCCCCCCCCC/C=C\C/C=C\CCCCCCC)COP(=O)(O)OCCN. The number of hydrogen-bond acceptors (Lipinski definition) is 8. The molecule has 0 aliphatic heterocycles. The maximum atomic E-state index is 12.8. The maximum Gasteiger partial charge on any atom is 0.472 e. The lowest BCUT2D eigenvalue weighted by atomic mass is 10.0. The molecule has 9 nitrogen and oxygen atoms in total.